The van der Waals surface area contributed by atoms with Gasteiger partial charge in [-0.1, -0.05) is 32.9 Å². The zero-order valence-corrected chi connectivity index (χ0v) is 19.2. The molecular weight excluding hydrogens is 416 g/mol. The molecule has 0 bridgehead atoms. The highest BCUT2D eigenvalue weighted by atomic mass is 16.5. The maximum atomic E-state index is 13.5. The number of hydrogen-bond donors (Lipinski definition) is 3. The Hall–Kier alpha value is -2.65. The van der Waals surface area contributed by atoms with Crippen LogP contribution < -0.4 is 5.32 Å². The van der Waals surface area contributed by atoms with Crippen LogP contribution in [0.5, 0.6) is 5.75 Å². The van der Waals surface area contributed by atoms with Crippen molar-refractivity contribution in [2.45, 2.75) is 58.2 Å². The van der Waals surface area contributed by atoms with Crippen molar-refractivity contribution in [3.05, 3.63) is 29.8 Å². The second kappa shape index (κ2) is 11.3. The first-order chi connectivity index (χ1) is 15.1. The number of aliphatic hydroxyl groups is 1. The average molecular weight is 451 g/mol. The van der Waals surface area contributed by atoms with Crippen molar-refractivity contribution in [2.24, 2.45) is 5.41 Å². The van der Waals surface area contributed by atoms with Crippen molar-refractivity contribution in [3.8, 4) is 5.75 Å². The van der Waals surface area contributed by atoms with Crippen LogP contribution in [0.4, 0.5) is 0 Å². The van der Waals surface area contributed by atoms with E-state index >= 15 is 0 Å². The molecule has 178 valence electrons. The van der Waals surface area contributed by atoms with Crippen molar-refractivity contribution in [1.82, 2.24) is 10.2 Å². The molecule has 2 amide bonds. The third-order valence-corrected chi connectivity index (χ3v) is 5.37. The molecular formula is C23H34N2O7. The van der Waals surface area contributed by atoms with Crippen LogP contribution in [0.15, 0.2) is 24.3 Å². The lowest BCUT2D eigenvalue weighted by atomic mass is 9.85. The minimum atomic E-state index is -0.879. The van der Waals surface area contributed by atoms with Crippen molar-refractivity contribution in [3.63, 3.8) is 0 Å². The highest BCUT2D eigenvalue weighted by Crippen LogP contribution is 2.28. The molecule has 1 fully saturated rings. The van der Waals surface area contributed by atoms with Gasteiger partial charge in [-0.3, -0.25) is 9.59 Å². The van der Waals surface area contributed by atoms with Gasteiger partial charge in [0.15, 0.2) is 0 Å². The smallest absolute Gasteiger partial charge is 0.328 e. The van der Waals surface area contributed by atoms with Gasteiger partial charge < -0.3 is 29.9 Å². The minimum Gasteiger partial charge on any atom is -0.508 e. The third kappa shape index (κ3) is 6.93. The zero-order chi connectivity index (χ0) is 23.9. The van der Waals surface area contributed by atoms with Gasteiger partial charge in [0, 0.05) is 26.2 Å². The molecule has 0 unspecified atom stereocenters. The van der Waals surface area contributed by atoms with Crippen LogP contribution in [-0.4, -0.2) is 78.0 Å². The quantitative estimate of drug-likeness (QED) is 0.379. The molecule has 2 rings (SSSR count). The SMILES string of the molecule is COC(=O)[C@@H]1C[C@H](OCCCO)CN1C(=O)[C@@H](NC(=O)Cc1cccc(O)c1)C(C)(C)C. The Kier molecular flexibility index (Phi) is 9.03. The number of aromatic hydroxyl groups is 1. The summed E-state index contributed by atoms with van der Waals surface area (Å²) in [6.45, 7) is 6.01. The van der Waals surface area contributed by atoms with E-state index in [9.17, 15) is 19.5 Å². The molecule has 1 aliphatic heterocycles. The monoisotopic (exact) mass is 450 g/mol. The Morgan fingerprint density at radius 3 is 2.59 bits per heavy atom. The van der Waals surface area contributed by atoms with Gasteiger partial charge in [-0.15, -0.1) is 0 Å². The number of nitrogens with zero attached hydrogens (tertiary/aromatic N) is 1. The van der Waals surface area contributed by atoms with Gasteiger partial charge in [-0.05, 0) is 29.5 Å². The fraction of sp³-hybridized carbons (Fsp3) is 0.609. The van der Waals surface area contributed by atoms with Crippen LogP contribution in [0.2, 0.25) is 0 Å². The standard InChI is InChI=1S/C23H34N2O7/c1-23(2,3)20(24-19(28)12-15-7-5-8-16(27)11-15)21(29)25-14-17(32-10-6-9-26)13-18(25)22(30)31-4/h5,7-8,11,17-18,20,26-27H,6,9-10,12-14H2,1-4H3,(H,24,28)/t17-,18-,20+/m0/s1. The van der Waals surface area contributed by atoms with Crippen LogP contribution in [0, 0.1) is 5.41 Å². The number of ether oxygens (including phenoxy) is 2. The number of aliphatic hydroxyl groups excluding tert-OH is 1. The van der Waals surface area contributed by atoms with E-state index in [0.717, 1.165) is 0 Å². The molecule has 9 nitrogen and oxygen atoms in total. The lowest BCUT2D eigenvalue weighted by Gasteiger charge is -2.35. The summed E-state index contributed by atoms with van der Waals surface area (Å²) in [4.78, 5) is 40.0. The van der Waals surface area contributed by atoms with Crippen LogP contribution in [0.25, 0.3) is 0 Å². The first kappa shape index (κ1) is 25.6. The van der Waals surface area contributed by atoms with E-state index in [1.165, 1.54) is 24.1 Å². The number of methoxy groups -OCH3 is 1. The largest absolute Gasteiger partial charge is 0.508 e. The number of esters is 1. The predicted molar refractivity (Wildman–Crippen MR) is 117 cm³/mol. The van der Waals surface area contributed by atoms with E-state index in [-0.39, 0.29) is 49.7 Å². The lowest BCUT2D eigenvalue weighted by Crippen LogP contribution is -2.57. The molecule has 0 spiro atoms. The highest BCUT2D eigenvalue weighted by Gasteiger charge is 2.45. The van der Waals surface area contributed by atoms with Crippen LogP contribution in [-0.2, 0) is 30.3 Å². The number of hydrogen-bond acceptors (Lipinski definition) is 7. The van der Waals surface area contributed by atoms with Gasteiger partial charge in [0.1, 0.15) is 17.8 Å². The minimum absolute atomic E-state index is 0.00157. The van der Waals surface area contributed by atoms with Crippen LogP contribution in [0.3, 0.4) is 0 Å². The topological polar surface area (TPSA) is 125 Å². The number of benzene rings is 1. The molecule has 3 N–H and O–H groups in total. The summed E-state index contributed by atoms with van der Waals surface area (Å²) in [6, 6.07) is 4.69. The molecule has 0 saturated carbocycles. The Balaban J connectivity index is 2.16. The molecule has 1 heterocycles. The van der Waals surface area contributed by atoms with Crippen molar-refractivity contribution >= 4 is 17.8 Å². The molecule has 32 heavy (non-hydrogen) atoms. The molecule has 0 aromatic heterocycles. The van der Waals surface area contributed by atoms with E-state index in [1.54, 1.807) is 12.1 Å². The van der Waals surface area contributed by atoms with E-state index in [0.29, 0.717) is 18.6 Å². The summed E-state index contributed by atoms with van der Waals surface area (Å²) >= 11 is 0. The van der Waals surface area contributed by atoms with Gasteiger partial charge in [0.2, 0.25) is 11.8 Å². The van der Waals surface area contributed by atoms with Gasteiger partial charge in [0.05, 0.1) is 19.6 Å². The average Bonchev–Trinajstić information content (AvgIpc) is 3.14. The fourth-order valence-corrected chi connectivity index (χ4v) is 3.71. The van der Waals surface area contributed by atoms with Crippen molar-refractivity contribution in [2.75, 3.05) is 26.9 Å². The van der Waals surface area contributed by atoms with Crippen LogP contribution in [0.1, 0.15) is 39.2 Å². The van der Waals surface area contributed by atoms with E-state index < -0.39 is 23.5 Å². The molecule has 1 aliphatic rings. The summed E-state index contributed by atoms with van der Waals surface area (Å²) in [7, 11) is 1.27. The van der Waals surface area contributed by atoms with Crippen molar-refractivity contribution in [1.29, 1.82) is 0 Å². The first-order valence-corrected chi connectivity index (χ1v) is 10.7. The first-order valence-electron chi connectivity index (χ1n) is 10.7. The highest BCUT2D eigenvalue weighted by molar-refractivity contribution is 5.92. The molecule has 1 saturated heterocycles. The molecule has 1 aromatic rings. The molecule has 0 radical (unpaired) electrons. The zero-order valence-electron chi connectivity index (χ0n) is 19.2. The molecule has 3 atom stereocenters. The summed E-state index contributed by atoms with van der Waals surface area (Å²) in [5.41, 5.74) is -0.00390. The maximum Gasteiger partial charge on any atom is 0.328 e. The Bertz CT molecular complexity index is 806. The van der Waals surface area contributed by atoms with Gasteiger partial charge in [-0.2, -0.15) is 0 Å². The fourth-order valence-electron chi connectivity index (χ4n) is 3.71. The normalized spacial score (nSPS) is 19.5. The van der Waals surface area contributed by atoms with Gasteiger partial charge >= 0.3 is 5.97 Å². The van der Waals surface area contributed by atoms with Gasteiger partial charge in [-0.25, -0.2) is 4.79 Å². The summed E-state index contributed by atoms with van der Waals surface area (Å²) in [5, 5.41) is 21.4. The number of likely N-dealkylation sites (tertiary alicyclic amines) is 1. The van der Waals surface area contributed by atoms with Crippen LogP contribution >= 0.6 is 0 Å². The third-order valence-electron chi connectivity index (χ3n) is 5.37. The number of phenolic OH excluding ortho intramolecular Hbond substituents is 1. The summed E-state index contributed by atoms with van der Waals surface area (Å²) < 4.78 is 10.6. The second-order valence-electron chi connectivity index (χ2n) is 9.05. The summed E-state index contributed by atoms with van der Waals surface area (Å²) in [5.74, 6) is -1.23. The number of carbonyl (C=O) groups excluding carboxylic acids is 3. The summed E-state index contributed by atoms with van der Waals surface area (Å²) in [6.07, 6.45) is 0.390. The lowest BCUT2D eigenvalue weighted by molar-refractivity contribution is -0.153. The number of nitrogens with one attached hydrogen (secondary N) is 1. The Labute approximate surface area is 188 Å². The number of amides is 2. The van der Waals surface area contributed by atoms with E-state index in [1.807, 2.05) is 20.8 Å². The van der Waals surface area contributed by atoms with E-state index in [4.69, 9.17) is 14.6 Å². The second-order valence-corrected chi connectivity index (χ2v) is 9.05. The number of rotatable bonds is 9. The van der Waals surface area contributed by atoms with E-state index in [2.05, 4.69) is 5.32 Å². The predicted octanol–water partition coefficient (Wildman–Crippen LogP) is 1.01. The molecule has 9 heteroatoms. The number of phenols is 1. The number of carbonyl (C=O) groups is 3. The van der Waals surface area contributed by atoms with Crippen molar-refractivity contribution < 1.29 is 34.1 Å². The maximum absolute atomic E-state index is 13.5. The van der Waals surface area contributed by atoms with Gasteiger partial charge in [0.25, 0.3) is 0 Å². The Morgan fingerprint density at radius 1 is 1.28 bits per heavy atom. The Morgan fingerprint density at radius 2 is 2.00 bits per heavy atom. The molecule has 1 aromatic carbocycles. The molecule has 0 aliphatic carbocycles.